The van der Waals surface area contributed by atoms with E-state index in [1.165, 1.54) is 0 Å². The van der Waals surface area contributed by atoms with Crippen LogP contribution in [-0.4, -0.2) is 24.4 Å². The number of ether oxygens (including phenoxy) is 1. The Balaban J connectivity index is 2.41. The quantitative estimate of drug-likeness (QED) is 0.739. The Morgan fingerprint density at radius 2 is 2.14 bits per heavy atom. The maximum atomic E-state index is 8.65. The molecule has 0 saturated heterocycles. The third kappa shape index (κ3) is 3.36. The fraction of sp³-hybridized carbons (Fsp3) is 0.455. The normalized spacial score (nSPS) is 12.5. The van der Waals surface area contributed by atoms with E-state index in [0.717, 1.165) is 11.3 Å². The Kier molecular flexibility index (Phi) is 4.43. The number of aryl methyl sites for hydroxylation is 1. The minimum Gasteiger partial charge on any atom is -0.492 e. The van der Waals surface area contributed by atoms with E-state index < -0.39 is 0 Å². The lowest BCUT2D eigenvalue weighted by molar-refractivity contribution is 0.233. The molecular formula is C11H17NO2. The van der Waals surface area contributed by atoms with Gasteiger partial charge in [-0.1, -0.05) is 18.2 Å². The summed E-state index contributed by atoms with van der Waals surface area (Å²) in [5.74, 6) is 0.862. The second kappa shape index (κ2) is 5.62. The van der Waals surface area contributed by atoms with Crippen molar-refractivity contribution >= 4 is 0 Å². The summed E-state index contributed by atoms with van der Waals surface area (Å²) < 4.78 is 5.52. The smallest absolute Gasteiger partial charge is 0.122 e. The molecule has 0 aliphatic heterocycles. The second-order valence-corrected chi connectivity index (χ2v) is 3.35. The van der Waals surface area contributed by atoms with Gasteiger partial charge in [-0.3, -0.25) is 0 Å². The van der Waals surface area contributed by atoms with Crippen molar-refractivity contribution in [2.45, 2.75) is 19.4 Å². The van der Waals surface area contributed by atoms with E-state index in [9.17, 15) is 0 Å². The highest BCUT2D eigenvalue weighted by atomic mass is 16.5. The van der Waals surface area contributed by atoms with Crippen molar-refractivity contribution in [1.82, 2.24) is 0 Å². The molecular weight excluding hydrogens is 178 g/mol. The first-order chi connectivity index (χ1) is 6.74. The van der Waals surface area contributed by atoms with E-state index >= 15 is 0 Å². The Morgan fingerprint density at radius 3 is 2.79 bits per heavy atom. The van der Waals surface area contributed by atoms with Crippen LogP contribution in [0.25, 0.3) is 0 Å². The summed E-state index contributed by atoms with van der Waals surface area (Å²) in [6, 6.07) is 7.71. The van der Waals surface area contributed by atoms with Crippen molar-refractivity contribution in [3.8, 4) is 5.75 Å². The van der Waals surface area contributed by atoms with E-state index in [4.69, 9.17) is 15.6 Å². The summed E-state index contributed by atoms with van der Waals surface area (Å²) in [6.45, 7) is 2.55. The van der Waals surface area contributed by atoms with E-state index in [2.05, 4.69) is 0 Å². The number of rotatable bonds is 5. The summed E-state index contributed by atoms with van der Waals surface area (Å²) >= 11 is 0. The van der Waals surface area contributed by atoms with Crippen molar-refractivity contribution < 1.29 is 9.84 Å². The van der Waals surface area contributed by atoms with Crippen molar-refractivity contribution in [2.24, 2.45) is 5.73 Å². The highest BCUT2D eigenvalue weighted by Crippen LogP contribution is 2.16. The van der Waals surface area contributed by atoms with E-state index in [0.29, 0.717) is 13.0 Å². The predicted molar refractivity (Wildman–Crippen MR) is 56.4 cm³/mol. The Labute approximate surface area is 84.5 Å². The highest BCUT2D eigenvalue weighted by Gasteiger charge is 2.03. The lowest BCUT2D eigenvalue weighted by atomic mass is 10.2. The lowest BCUT2D eigenvalue weighted by Gasteiger charge is -2.13. The third-order valence-corrected chi connectivity index (χ3v) is 2.05. The van der Waals surface area contributed by atoms with Gasteiger partial charge in [-0.15, -0.1) is 0 Å². The van der Waals surface area contributed by atoms with Crippen LogP contribution in [0.15, 0.2) is 24.3 Å². The molecule has 1 rings (SSSR count). The Hall–Kier alpha value is -1.06. The van der Waals surface area contributed by atoms with Crippen LogP contribution in [-0.2, 0) is 0 Å². The number of para-hydroxylation sites is 1. The molecule has 0 fully saturated rings. The van der Waals surface area contributed by atoms with Gasteiger partial charge >= 0.3 is 0 Å². The molecule has 1 atom stereocenters. The van der Waals surface area contributed by atoms with Gasteiger partial charge in [-0.05, 0) is 25.0 Å². The average molecular weight is 195 g/mol. The van der Waals surface area contributed by atoms with Crippen molar-refractivity contribution in [3.05, 3.63) is 29.8 Å². The Morgan fingerprint density at radius 1 is 1.43 bits per heavy atom. The molecule has 0 aliphatic carbocycles. The van der Waals surface area contributed by atoms with Crippen LogP contribution in [0.5, 0.6) is 5.75 Å². The Bertz CT molecular complexity index is 276. The zero-order valence-corrected chi connectivity index (χ0v) is 8.44. The summed E-state index contributed by atoms with van der Waals surface area (Å²) in [6.07, 6.45) is 0.575. The van der Waals surface area contributed by atoms with Gasteiger partial charge in [0.1, 0.15) is 12.4 Å². The lowest BCUT2D eigenvalue weighted by Crippen LogP contribution is -2.28. The number of hydrogen-bond acceptors (Lipinski definition) is 3. The molecule has 0 aromatic heterocycles. The molecule has 0 radical (unpaired) electrons. The SMILES string of the molecule is Cc1ccccc1OCC(N)CCO. The predicted octanol–water partition coefficient (Wildman–Crippen LogP) is 1.08. The van der Waals surface area contributed by atoms with Gasteiger partial charge in [0.2, 0.25) is 0 Å². The van der Waals surface area contributed by atoms with E-state index in [-0.39, 0.29) is 12.6 Å². The van der Waals surface area contributed by atoms with Gasteiger partial charge in [-0.2, -0.15) is 0 Å². The molecule has 1 aromatic carbocycles. The van der Waals surface area contributed by atoms with Gasteiger partial charge in [0.25, 0.3) is 0 Å². The third-order valence-electron chi connectivity index (χ3n) is 2.05. The monoisotopic (exact) mass is 195 g/mol. The fourth-order valence-corrected chi connectivity index (χ4v) is 1.16. The molecule has 0 saturated carbocycles. The van der Waals surface area contributed by atoms with E-state index in [1.54, 1.807) is 0 Å². The van der Waals surface area contributed by atoms with Gasteiger partial charge in [-0.25, -0.2) is 0 Å². The van der Waals surface area contributed by atoms with Crippen LogP contribution in [0.3, 0.4) is 0 Å². The average Bonchev–Trinajstić information content (AvgIpc) is 2.17. The van der Waals surface area contributed by atoms with Crippen LogP contribution in [0.2, 0.25) is 0 Å². The molecule has 1 unspecified atom stereocenters. The van der Waals surface area contributed by atoms with Gasteiger partial charge in [0, 0.05) is 12.6 Å². The summed E-state index contributed by atoms with van der Waals surface area (Å²) in [7, 11) is 0. The maximum absolute atomic E-state index is 8.65. The first kappa shape index (κ1) is 11.0. The fourth-order valence-electron chi connectivity index (χ4n) is 1.16. The topological polar surface area (TPSA) is 55.5 Å². The first-order valence-electron chi connectivity index (χ1n) is 4.79. The zero-order chi connectivity index (χ0) is 10.4. The van der Waals surface area contributed by atoms with Gasteiger partial charge in [0.05, 0.1) is 0 Å². The second-order valence-electron chi connectivity index (χ2n) is 3.35. The number of hydrogen-bond donors (Lipinski definition) is 2. The largest absolute Gasteiger partial charge is 0.492 e. The molecule has 3 nitrogen and oxygen atoms in total. The van der Waals surface area contributed by atoms with Crippen molar-refractivity contribution in [3.63, 3.8) is 0 Å². The van der Waals surface area contributed by atoms with Crippen LogP contribution < -0.4 is 10.5 Å². The van der Waals surface area contributed by atoms with Crippen molar-refractivity contribution in [2.75, 3.05) is 13.2 Å². The molecule has 1 aromatic rings. The van der Waals surface area contributed by atoms with Crippen LogP contribution in [0.1, 0.15) is 12.0 Å². The zero-order valence-electron chi connectivity index (χ0n) is 8.44. The summed E-state index contributed by atoms with van der Waals surface area (Å²) in [5.41, 5.74) is 6.80. The maximum Gasteiger partial charge on any atom is 0.122 e. The highest BCUT2D eigenvalue weighted by molar-refractivity contribution is 5.31. The summed E-state index contributed by atoms with van der Waals surface area (Å²) in [5, 5.41) is 8.65. The van der Waals surface area contributed by atoms with Crippen LogP contribution in [0, 0.1) is 6.92 Å². The summed E-state index contributed by atoms with van der Waals surface area (Å²) in [4.78, 5) is 0. The molecule has 0 heterocycles. The minimum absolute atomic E-state index is 0.0976. The molecule has 0 spiro atoms. The number of benzene rings is 1. The van der Waals surface area contributed by atoms with E-state index in [1.807, 2.05) is 31.2 Å². The molecule has 3 N–H and O–H groups in total. The standard InChI is InChI=1S/C11H17NO2/c1-9-4-2-3-5-11(9)14-8-10(12)6-7-13/h2-5,10,13H,6-8,12H2,1H3. The number of aliphatic hydroxyl groups excluding tert-OH is 1. The van der Waals surface area contributed by atoms with Crippen LogP contribution in [0.4, 0.5) is 0 Å². The molecule has 0 amide bonds. The first-order valence-corrected chi connectivity index (χ1v) is 4.79. The van der Waals surface area contributed by atoms with Gasteiger partial charge in [0.15, 0.2) is 0 Å². The minimum atomic E-state index is -0.0976. The molecule has 0 aliphatic rings. The number of aliphatic hydroxyl groups is 1. The van der Waals surface area contributed by atoms with Gasteiger partial charge < -0.3 is 15.6 Å². The number of nitrogens with two attached hydrogens (primary N) is 1. The molecule has 0 bridgehead atoms. The van der Waals surface area contributed by atoms with Crippen molar-refractivity contribution in [1.29, 1.82) is 0 Å². The molecule has 14 heavy (non-hydrogen) atoms. The van der Waals surface area contributed by atoms with Crippen LogP contribution >= 0.6 is 0 Å². The molecule has 78 valence electrons. The molecule has 3 heteroatoms.